The lowest BCUT2D eigenvalue weighted by Crippen LogP contribution is -2.36. The average Bonchev–Trinajstić information content (AvgIpc) is 2.67. The second kappa shape index (κ2) is 6.15. The molecule has 1 aliphatic carbocycles. The molecular formula is C17H30N2S. The van der Waals surface area contributed by atoms with Gasteiger partial charge in [-0.25, -0.2) is 4.98 Å². The molecule has 0 aromatic carbocycles. The maximum absolute atomic E-state index is 6.46. The maximum atomic E-state index is 6.46. The zero-order chi connectivity index (χ0) is 14.9. The fourth-order valence-corrected chi connectivity index (χ4v) is 4.41. The van der Waals surface area contributed by atoms with Gasteiger partial charge in [0, 0.05) is 17.3 Å². The van der Waals surface area contributed by atoms with Crippen molar-refractivity contribution < 1.29 is 0 Å². The van der Waals surface area contributed by atoms with Crippen LogP contribution in [0.15, 0.2) is 0 Å². The molecule has 0 radical (unpaired) electrons. The highest BCUT2D eigenvalue weighted by Gasteiger charge is 2.32. The van der Waals surface area contributed by atoms with E-state index in [-0.39, 0.29) is 0 Å². The summed E-state index contributed by atoms with van der Waals surface area (Å²) in [7, 11) is 0. The molecule has 0 amide bonds. The molecule has 2 rings (SSSR count). The Morgan fingerprint density at radius 3 is 2.25 bits per heavy atom. The molecule has 3 heteroatoms. The van der Waals surface area contributed by atoms with Crippen molar-refractivity contribution in [1.29, 1.82) is 0 Å². The van der Waals surface area contributed by atoms with Gasteiger partial charge in [-0.1, -0.05) is 20.8 Å². The van der Waals surface area contributed by atoms with Gasteiger partial charge >= 0.3 is 0 Å². The van der Waals surface area contributed by atoms with Gasteiger partial charge in [-0.3, -0.25) is 0 Å². The lowest BCUT2D eigenvalue weighted by atomic mass is 9.68. The van der Waals surface area contributed by atoms with Gasteiger partial charge in [0.15, 0.2) is 0 Å². The largest absolute Gasteiger partial charge is 0.327 e. The second-order valence-electron chi connectivity index (χ2n) is 7.59. The third-order valence-electron chi connectivity index (χ3n) is 5.09. The smallest absolute Gasteiger partial charge is 0.0946 e. The van der Waals surface area contributed by atoms with Crippen LogP contribution in [-0.2, 0) is 6.42 Å². The van der Waals surface area contributed by atoms with Crippen molar-refractivity contribution in [3.63, 3.8) is 0 Å². The zero-order valence-electron chi connectivity index (χ0n) is 13.7. The fourth-order valence-electron chi connectivity index (χ4n) is 3.41. The minimum absolute atomic E-state index is 0.292. The summed E-state index contributed by atoms with van der Waals surface area (Å²) in [6.07, 6.45) is 6.25. The van der Waals surface area contributed by atoms with Crippen molar-refractivity contribution in [2.24, 2.45) is 23.0 Å². The molecule has 1 aromatic heterocycles. The van der Waals surface area contributed by atoms with E-state index in [9.17, 15) is 0 Å². The molecule has 2 nitrogen and oxygen atoms in total. The Kier molecular flexibility index (Phi) is 4.91. The molecule has 1 fully saturated rings. The van der Waals surface area contributed by atoms with Gasteiger partial charge in [-0.2, -0.15) is 0 Å². The van der Waals surface area contributed by atoms with E-state index >= 15 is 0 Å². The van der Waals surface area contributed by atoms with E-state index in [0.717, 1.165) is 12.3 Å². The monoisotopic (exact) mass is 294 g/mol. The summed E-state index contributed by atoms with van der Waals surface area (Å²) in [6.45, 7) is 11.4. The maximum Gasteiger partial charge on any atom is 0.0946 e. The Bertz CT molecular complexity index is 417. The Morgan fingerprint density at radius 1 is 1.20 bits per heavy atom. The quantitative estimate of drug-likeness (QED) is 0.892. The summed E-state index contributed by atoms with van der Waals surface area (Å²) in [5.74, 6) is 1.56. The molecule has 20 heavy (non-hydrogen) atoms. The predicted molar refractivity (Wildman–Crippen MR) is 88.2 cm³/mol. The van der Waals surface area contributed by atoms with Crippen LogP contribution in [0.1, 0.15) is 62.0 Å². The third-order valence-corrected chi connectivity index (χ3v) is 6.18. The molecule has 0 aliphatic heterocycles. The van der Waals surface area contributed by atoms with Gasteiger partial charge < -0.3 is 5.73 Å². The van der Waals surface area contributed by atoms with Crippen LogP contribution < -0.4 is 5.73 Å². The molecule has 1 aromatic rings. The molecule has 0 saturated heterocycles. The van der Waals surface area contributed by atoms with Gasteiger partial charge in [0.25, 0.3) is 0 Å². The highest BCUT2D eigenvalue weighted by Crippen LogP contribution is 2.40. The first-order valence-electron chi connectivity index (χ1n) is 7.96. The van der Waals surface area contributed by atoms with Crippen molar-refractivity contribution >= 4 is 11.3 Å². The SMILES string of the molecule is Cc1nc(CC(N)C2CCC(C(C)(C)C)CC2)sc1C. The molecule has 1 saturated carbocycles. The van der Waals surface area contributed by atoms with E-state index < -0.39 is 0 Å². The van der Waals surface area contributed by atoms with Gasteiger partial charge in [-0.05, 0) is 56.8 Å². The number of rotatable bonds is 3. The molecule has 1 atom stereocenters. The topological polar surface area (TPSA) is 38.9 Å². The zero-order valence-corrected chi connectivity index (χ0v) is 14.5. The summed E-state index contributed by atoms with van der Waals surface area (Å²) >= 11 is 1.82. The summed E-state index contributed by atoms with van der Waals surface area (Å²) in [6, 6.07) is 0.292. The van der Waals surface area contributed by atoms with Crippen molar-refractivity contribution in [2.45, 2.75) is 72.8 Å². The number of nitrogens with two attached hydrogens (primary N) is 1. The molecule has 0 spiro atoms. The molecule has 1 unspecified atom stereocenters. The molecule has 1 aliphatic rings. The number of nitrogens with zero attached hydrogens (tertiary/aromatic N) is 1. The minimum Gasteiger partial charge on any atom is -0.327 e. The fraction of sp³-hybridized carbons (Fsp3) is 0.824. The lowest BCUT2D eigenvalue weighted by molar-refractivity contribution is 0.139. The van der Waals surface area contributed by atoms with Crippen LogP contribution in [0.5, 0.6) is 0 Å². The van der Waals surface area contributed by atoms with E-state index in [4.69, 9.17) is 5.73 Å². The van der Waals surface area contributed by atoms with Crippen molar-refractivity contribution in [3.05, 3.63) is 15.6 Å². The van der Waals surface area contributed by atoms with Crippen molar-refractivity contribution in [1.82, 2.24) is 4.98 Å². The van der Waals surface area contributed by atoms with Gasteiger partial charge in [-0.15, -0.1) is 11.3 Å². The Hall–Kier alpha value is -0.410. The van der Waals surface area contributed by atoms with Crippen LogP contribution in [0.3, 0.4) is 0 Å². The van der Waals surface area contributed by atoms with Crippen LogP contribution in [0.4, 0.5) is 0 Å². The van der Waals surface area contributed by atoms with E-state index in [1.54, 1.807) is 0 Å². The van der Waals surface area contributed by atoms with Crippen LogP contribution in [0.2, 0.25) is 0 Å². The number of aryl methyl sites for hydroxylation is 2. The van der Waals surface area contributed by atoms with Crippen molar-refractivity contribution in [3.8, 4) is 0 Å². The summed E-state index contributed by atoms with van der Waals surface area (Å²) in [4.78, 5) is 5.97. The van der Waals surface area contributed by atoms with Crippen LogP contribution in [-0.4, -0.2) is 11.0 Å². The molecular weight excluding hydrogens is 264 g/mol. The third kappa shape index (κ3) is 3.82. The first kappa shape index (κ1) is 16.0. The Morgan fingerprint density at radius 2 is 1.80 bits per heavy atom. The highest BCUT2D eigenvalue weighted by molar-refractivity contribution is 7.11. The van der Waals surface area contributed by atoms with Crippen molar-refractivity contribution in [2.75, 3.05) is 0 Å². The normalized spacial score (nSPS) is 25.7. The van der Waals surface area contributed by atoms with Crippen LogP contribution >= 0.6 is 11.3 Å². The van der Waals surface area contributed by atoms with Gasteiger partial charge in [0.2, 0.25) is 0 Å². The molecule has 1 heterocycles. The minimum atomic E-state index is 0.292. The molecule has 0 bridgehead atoms. The Balaban J connectivity index is 1.87. The van der Waals surface area contributed by atoms with Gasteiger partial charge in [0.1, 0.15) is 0 Å². The number of thiazole rings is 1. The number of aromatic nitrogens is 1. The summed E-state index contributed by atoms with van der Waals surface area (Å²) in [5.41, 5.74) is 8.09. The summed E-state index contributed by atoms with van der Waals surface area (Å²) < 4.78 is 0. The Labute approximate surface area is 128 Å². The highest BCUT2D eigenvalue weighted by atomic mass is 32.1. The van der Waals surface area contributed by atoms with E-state index in [1.165, 1.54) is 41.3 Å². The first-order valence-corrected chi connectivity index (χ1v) is 8.77. The number of hydrogen-bond donors (Lipinski definition) is 1. The van der Waals surface area contributed by atoms with Crippen LogP contribution in [0, 0.1) is 31.1 Å². The first-order chi connectivity index (χ1) is 9.27. The molecule has 114 valence electrons. The van der Waals surface area contributed by atoms with Crippen LogP contribution in [0.25, 0.3) is 0 Å². The van der Waals surface area contributed by atoms with E-state index in [2.05, 4.69) is 39.6 Å². The molecule has 2 N–H and O–H groups in total. The van der Waals surface area contributed by atoms with E-state index in [1.807, 2.05) is 11.3 Å². The van der Waals surface area contributed by atoms with E-state index in [0.29, 0.717) is 17.4 Å². The van der Waals surface area contributed by atoms with Gasteiger partial charge in [0.05, 0.1) is 10.7 Å². The second-order valence-corrected chi connectivity index (χ2v) is 8.88. The summed E-state index contributed by atoms with van der Waals surface area (Å²) in [5, 5.41) is 1.23. The predicted octanol–water partition coefficient (Wildman–Crippen LogP) is 4.48. The number of hydrogen-bond acceptors (Lipinski definition) is 3. The standard InChI is InChI=1S/C17H30N2S/c1-11-12(2)20-16(19-11)10-15(18)13-6-8-14(9-7-13)17(3,4)5/h13-15H,6-10,18H2,1-5H3. The average molecular weight is 295 g/mol. The lowest BCUT2D eigenvalue weighted by Gasteiger charge is -2.38.